The van der Waals surface area contributed by atoms with Gasteiger partial charge in [-0.2, -0.15) is 0 Å². The zero-order valence-electron chi connectivity index (χ0n) is 19.1. The van der Waals surface area contributed by atoms with Gasteiger partial charge in [-0.1, -0.05) is 54.6 Å². The Morgan fingerprint density at radius 1 is 0.844 bits per heavy atom. The molecule has 3 rings (SSSR count). The molecule has 0 heterocycles. The monoisotopic (exact) mass is 430 g/mol. The summed E-state index contributed by atoms with van der Waals surface area (Å²) < 4.78 is 16.7. The van der Waals surface area contributed by atoms with Gasteiger partial charge in [0.15, 0.2) is 5.60 Å². The Hall–Kier alpha value is -3.53. The van der Waals surface area contributed by atoms with E-state index in [1.54, 1.807) is 32.9 Å². The van der Waals surface area contributed by atoms with Crippen molar-refractivity contribution in [3.63, 3.8) is 0 Å². The fraction of sp³-hybridized carbons (Fsp3) is 0.250. The molecule has 0 aromatic heterocycles. The van der Waals surface area contributed by atoms with Crippen LogP contribution < -0.4 is 9.47 Å². The number of hydrogen-bond acceptors (Lipinski definition) is 4. The summed E-state index contributed by atoms with van der Waals surface area (Å²) >= 11 is 0. The number of hydrogen-bond donors (Lipinski definition) is 0. The number of esters is 1. The van der Waals surface area contributed by atoms with Gasteiger partial charge in [0.1, 0.15) is 18.1 Å². The second-order valence-electron chi connectivity index (χ2n) is 7.95. The van der Waals surface area contributed by atoms with Crippen LogP contribution >= 0.6 is 0 Å². The molecule has 0 saturated heterocycles. The van der Waals surface area contributed by atoms with Gasteiger partial charge in [-0.15, -0.1) is 0 Å². The first-order chi connectivity index (χ1) is 15.4. The molecule has 3 aromatic rings. The lowest BCUT2D eigenvalue weighted by Crippen LogP contribution is -2.39. The first-order valence-electron chi connectivity index (χ1n) is 10.8. The minimum atomic E-state index is -1.05. The number of rotatable bonds is 9. The Morgan fingerprint density at radius 3 is 2.06 bits per heavy atom. The molecule has 0 aliphatic carbocycles. The third-order valence-corrected chi connectivity index (χ3v) is 5.05. The van der Waals surface area contributed by atoms with Crippen molar-refractivity contribution in [1.29, 1.82) is 0 Å². The summed E-state index contributed by atoms with van der Waals surface area (Å²) in [5.74, 6) is 0.924. The highest BCUT2D eigenvalue weighted by Gasteiger charge is 2.31. The second kappa shape index (κ2) is 10.7. The number of carbonyl (C=O) groups excluding carboxylic acids is 1. The van der Waals surface area contributed by atoms with Gasteiger partial charge in [-0.05, 0) is 80.3 Å². The van der Waals surface area contributed by atoms with Gasteiger partial charge in [-0.3, -0.25) is 0 Å². The topological polar surface area (TPSA) is 44.8 Å². The molecule has 4 nitrogen and oxygen atoms in total. The lowest BCUT2D eigenvalue weighted by molar-refractivity contribution is -0.158. The maximum absolute atomic E-state index is 12.0. The van der Waals surface area contributed by atoms with Crippen LogP contribution in [0.5, 0.6) is 11.5 Å². The maximum Gasteiger partial charge on any atom is 0.349 e. The fourth-order valence-electron chi connectivity index (χ4n) is 3.18. The Bertz CT molecular complexity index is 1030. The quantitative estimate of drug-likeness (QED) is 0.361. The Balaban J connectivity index is 1.54. The normalized spacial score (nSPS) is 11.7. The van der Waals surface area contributed by atoms with Crippen LogP contribution in [0.4, 0.5) is 0 Å². The van der Waals surface area contributed by atoms with Crippen molar-refractivity contribution in [3.8, 4) is 22.6 Å². The fourth-order valence-corrected chi connectivity index (χ4v) is 3.18. The summed E-state index contributed by atoms with van der Waals surface area (Å²) in [5.41, 5.74) is 3.68. The van der Waals surface area contributed by atoms with Crippen LogP contribution in [0, 0.1) is 0 Å². The SMILES string of the molecule is CCOC(=O)C(C)(C)Oc1ccc(OC/C=C(/C)c2ccc(-c3ccccc3)cc2)cc1. The van der Waals surface area contributed by atoms with Gasteiger partial charge in [0, 0.05) is 0 Å². The second-order valence-corrected chi connectivity index (χ2v) is 7.95. The van der Waals surface area contributed by atoms with Crippen molar-refractivity contribution in [2.45, 2.75) is 33.3 Å². The van der Waals surface area contributed by atoms with Gasteiger partial charge in [0.05, 0.1) is 6.61 Å². The number of ether oxygens (including phenoxy) is 3. The molecular formula is C28H30O4. The molecular weight excluding hydrogens is 400 g/mol. The van der Waals surface area contributed by atoms with Crippen LogP contribution in [0.15, 0.2) is 84.9 Å². The lowest BCUT2D eigenvalue weighted by Gasteiger charge is -2.24. The van der Waals surface area contributed by atoms with Gasteiger partial charge in [0.25, 0.3) is 0 Å². The van der Waals surface area contributed by atoms with E-state index < -0.39 is 11.6 Å². The number of carbonyl (C=O) groups is 1. The van der Waals surface area contributed by atoms with E-state index in [2.05, 4.69) is 49.4 Å². The smallest absolute Gasteiger partial charge is 0.349 e. The highest BCUT2D eigenvalue weighted by molar-refractivity contribution is 5.79. The van der Waals surface area contributed by atoms with Crippen molar-refractivity contribution in [1.82, 2.24) is 0 Å². The average molecular weight is 431 g/mol. The maximum atomic E-state index is 12.0. The van der Waals surface area contributed by atoms with Crippen LogP contribution in [0.3, 0.4) is 0 Å². The number of benzene rings is 3. The van der Waals surface area contributed by atoms with E-state index in [0.717, 1.165) is 11.3 Å². The first-order valence-corrected chi connectivity index (χ1v) is 10.8. The third-order valence-electron chi connectivity index (χ3n) is 5.05. The molecule has 0 spiro atoms. The average Bonchev–Trinajstić information content (AvgIpc) is 2.81. The summed E-state index contributed by atoms with van der Waals surface area (Å²) in [6.07, 6.45) is 2.06. The van der Waals surface area contributed by atoms with E-state index in [9.17, 15) is 4.79 Å². The van der Waals surface area contributed by atoms with E-state index >= 15 is 0 Å². The summed E-state index contributed by atoms with van der Waals surface area (Å²) in [6, 6.07) is 26.1. The standard InChI is InChI=1S/C28H30O4/c1-5-30-27(29)28(3,4)32-26-17-15-25(16-18-26)31-20-19-21(2)22-11-13-24(14-12-22)23-9-7-6-8-10-23/h6-19H,5,20H2,1-4H3/b21-19-. The molecule has 0 atom stereocenters. The largest absolute Gasteiger partial charge is 0.490 e. The van der Waals surface area contributed by atoms with Gasteiger partial charge < -0.3 is 14.2 Å². The van der Waals surface area contributed by atoms with Gasteiger partial charge in [0.2, 0.25) is 0 Å². The summed E-state index contributed by atoms with van der Waals surface area (Å²) in [4.78, 5) is 12.0. The van der Waals surface area contributed by atoms with Crippen molar-refractivity contribution in [2.24, 2.45) is 0 Å². The van der Waals surface area contributed by atoms with Gasteiger partial charge >= 0.3 is 5.97 Å². The van der Waals surface area contributed by atoms with E-state index in [1.807, 2.05) is 30.3 Å². The highest BCUT2D eigenvalue weighted by atomic mass is 16.6. The summed E-state index contributed by atoms with van der Waals surface area (Å²) in [7, 11) is 0. The lowest BCUT2D eigenvalue weighted by atomic mass is 10.0. The Labute approximate surface area is 190 Å². The minimum absolute atomic E-state index is 0.322. The van der Waals surface area contributed by atoms with E-state index in [0.29, 0.717) is 19.0 Å². The zero-order chi connectivity index (χ0) is 23.0. The van der Waals surface area contributed by atoms with Crippen molar-refractivity contribution in [2.75, 3.05) is 13.2 Å². The van der Waals surface area contributed by atoms with Crippen LogP contribution in [0.2, 0.25) is 0 Å². The molecule has 166 valence electrons. The Morgan fingerprint density at radius 2 is 1.44 bits per heavy atom. The number of allylic oxidation sites excluding steroid dienone is 1. The first kappa shape index (κ1) is 23.1. The van der Waals surface area contributed by atoms with Crippen molar-refractivity contribution < 1.29 is 19.0 Å². The van der Waals surface area contributed by atoms with Crippen molar-refractivity contribution >= 4 is 11.5 Å². The van der Waals surface area contributed by atoms with Crippen molar-refractivity contribution in [3.05, 3.63) is 90.5 Å². The summed E-state index contributed by atoms with van der Waals surface area (Å²) in [5, 5.41) is 0. The predicted octanol–water partition coefficient (Wildman–Crippen LogP) is 6.56. The van der Waals surface area contributed by atoms with Gasteiger partial charge in [-0.25, -0.2) is 4.79 Å². The molecule has 3 aromatic carbocycles. The molecule has 0 radical (unpaired) electrons. The zero-order valence-corrected chi connectivity index (χ0v) is 19.1. The summed E-state index contributed by atoms with van der Waals surface area (Å²) in [6.45, 7) is 8.01. The highest BCUT2D eigenvalue weighted by Crippen LogP contribution is 2.24. The molecule has 0 saturated carbocycles. The van der Waals surface area contributed by atoms with E-state index in [-0.39, 0.29) is 0 Å². The molecule has 0 bridgehead atoms. The molecule has 32 heavy (non-hydrogen) atoms. The molecule has 0 aliphatic heterocycles. The third kappa shape index (κ3) is 6.24. The van der Waals surface area contributed by atoms with E-state index in [1.165, 1.54) is 16.7 Å². The molecule has 0 unspecified atom stereocenters. The molecule has 0 N–H and O–H groups in total. The minimum Gasteiger partial charge on any atom is -0.490 e. The van der Waals surface area contributed by atoms with Crippen LogP contribution in [-0.2, 0) is 9.53 Å². The predicted molar refractivity (Wildman–Crippen MR) is 129 cm³/mol. The van der Waals surface area contributed by atoms with E-state index in [4.69, 9.17) is 14.2 Å². The molecule has 0 aliphatic rings. The van der Waals surface area contributed by atoms with Crippen LogP contribution in [0.25, 0.3) is 16.7 Å². The Kier molecular flexibility index (Phi) is 7.72. The van der Waals surface area contributed by atoms with Crippen LogP contribution in [0.1, 0.15) is 33.3 Å². The molecule has 0 amide bonds. The molecule has 4 heteroatoms. The van der Waals surface area contributed by atoms with Crippen LogP contribution in [-0.4, -0.2) is 24.8 Å². The molecule has 0 fully saturated rings.